The zero-order chi connectivity index (χ0) is 14.8. The summed E-state index contributed by atoms with van der Waals surface area (Å²) in [7, 11) is 0. The predicted octanol–water partition coefficient (Wildman–Crippen LogP) is 4.45. The average molecular weight is 283 g/mol. The van der Waals surface area contributed by atoms with Crippen LogP contribution in [0.5, 0.6) is 0 Å². The normalized spacial score (nSPS) is 24.8. The van der Waals surface area contributed by atoms with Gasteiger partial charge in [-0.3, -0.25) is 9.69 Å². The molecule has 1 fully saturated rings. The number of carboxylic acid groups (broad SMARTS) is 1. The van der Waals surface area contributed by atoms with Crippen molar-refractivity contribution in [2.24, 2.45) is 0 Å². The van der Waals surface area contributed by atoms with Crippen LogP contribution in [0.15, 0.2) is 0 Å². The maximum Gasteiger partial charge on any atom is 0.304 e. The molecule has 0 spiro atoms. The highest BCUT2D eigenvalue weighted by Gasteiger charge is 2.45. The topological polar surface area (TPSA) is 40.3 Å². The van der Waals surface area contributed by atoms with Crippen molar-refractivity contribution in [1.29, 1.82) is 0 Å². The summed E-state index contributed by atoms with van der Waals surface area (Å²) in [5.41, 5.74) is 0. The van der Waals surface area contributed by atoms with E-state index in [4.69, 9.17) is 5.11 Å². The molecule has 0 aromatic heterocycles. The van der Waals surface area contributed by atoms with Crippen LogP contribution >= 0.6 is 0 Å². The van der Waals surface area contributed by atoms with Crippen molar-refractivity contribution in [3.8, 4) is 0 Å². The Morgan fingerprint density at radius 2 is 1.40 bits per heavy atom. The van der Waals surface area contributed by atoms with Gasteiger partial charge in [-0.2, -0.15) is 0 Å². The average Bonchev–Trinajstić information content (AvgIpc) is 3.09. The van der Waals surface area contributed by atoms with Crippen molar-refractivity contribution in [2.75, 3.05) is 6.54 Å². The van der Waals surface area contributed by atoms with Crippen molar-refractivity contribution >= 4 is 5.97 Å². The molecule has 1 aliphatic heterocycles. The summed E-state index contributed by atoms with van der Waals surface area (Å²) in [5, 5.41) is 8.83. The van der Waals surface area contributed by atoms with Crippen LogP contribution in [0.2, 0.25) is 0 Å². The molecule has 1 N–H and O–H groups in total. The maximum atomic E-state index is 10.7. The summed E-state index contributed by atoms with van der Waals surface area (Å²) in [6, 6.07) is 1.38. The van der Waals surface area contributed by atoms with E-state index < -0.39 is 5.97 Å². The molecule has 20 heavy (non-hydrogen) atoms. The maximum absolute atomic E-state index is 10.7. The molecule has 1 rings (SSSR count). The zero-order valence-corrected chi connectivity index (χ0v) is 13.4. The number of carbonyl (C=O) groups is 1. The van der Waals surface area contributed by atoms with E-state index in [0.717, 1.165) is 6.54 Å². The molecule has 1 heterocycles. The molecule has 3 nitrogen and oxygen atoms in total. The molecule has 0 aliphatic carbocycles. The van der Waals surface area contributed by atoms with Crippen LogP contribution in [0.25, 0.3) is 0 Å². The molecule has 1 aliphatic rings. The van der Waals surface area contributed by atoms with Gasteiger partial charge in [0.05, 0.1) is 6.42 Å². The lowest BCUT2D eigenvalue weighted by molar-refractivity contribution is -0.137. The first-order valence-electron chi connectivity index (χ1n) is 8.68. The first-order chi connectivity index (χ1) is 9.70. The molecular weight excluding hydrogens is 250 g/mol. The predicted molar refractivity (Wildman–Crippen MR) is 84.1 cm³/mol. The lowest BCUT2D eigenvalue weighted by Gasteiger charge is -2.02. The highest BCUT2D eigenvalue weighted by atomic mass is 16.4. The van der Waals surface area contributed by atoms with Crippen LogP contribution in [0.4, 0.5) is 0 Å². The Balaban J connectivity index is 2.21. The Morgan fingerprint density at radius 3 is 1.80 bits per heavy atom. The molecule has 1 saturated heterocycles. The molecule has 0 aromatic rings. The number of nitrogens with zero attached hydrogens (tertiary/aromatic N) is 1. The highest BCUT2D eigenvalue weighted by molar-refractivity contribution is 5.66. The molecule has 2 atom stereocenters. The van der Waals surface area contributed by atoms with E-state index in [1.54, 1.807) is 0 Å². The van der Waals surface area contributed by atoms with Crippen LogP contribution in [0.1, 0.15) is 84.5 Å². The Labute approximate surface area is 124 Å². The van der Waals surface area contributed by atoms with Crippen molar-refractivity contribution < 1.29 is 9.90 Å². The first kappa shape index (κ1) is 17.5. The fraction of sp³-hybridized carbons (Fsp3) is 0.941. The number of aliphatic carboxylic acids is 1. The number of unbranched alkanes of at least 4 members (excludes halogenated alkanes) is 6. The number of rotatable bonds is 13. The van der Waals surface area contributed by atoms with Crippen molar-refractivity contribution in [3.63, 3.8) is 0 Å². The highest BCUT2D eigenvalue weighted by Crippen LogP contribution is 2.36. The minimum Gasteiger partial charge on any atom is -0.481 e. The van der Waals surface area contributed by atoms with E-state index in [0.29, 0.717) is 18.5 Å². The molecule has 0 saturated carbocycles. The third kappa shape index (κ3) is 6.74. The summed E-state index contributed by atoms with van der Waals surface area (Å²) in [4.78, 5) is 13.2. The van der Waals surface area contributed by atoms with Gasteiger partial charge < -0.3 is 5.11 Å². The smallest absolute Gasteiger partial charge is 0.304 e. The lowest BCUT2D eigenvalue weighted by Crippen LogP contribution is -2.10. The SMILES string of the molecule is CCCCCCC1C(CCCCCC)N1CCC(=O)O. The Kier molecular flexibility index (Phi) is 8.92. The van der Waals surface area contributed by atoms with E-state index in [1.807, 2.05) is 0 Å². The monoisotopic (exact) mass is 283 g/mol. The van der Waals surface area contributed by atoms with Crippen LogP contribution in [0, 0.1) is 0 Å². The minimum atomic E-state index is -0.661. The Morgan fingerprint density at radius 1 is 0.900 bits per heavy atom. The van der Waals surface area contributed by atoms with Gasteiger partial charge in [-0.25, -0.2) is 0 Å². The second kappa shape index (κ2) is 10.2. The molecule has 0 aromatic carbocycles. The van der Waals surface area contributed by atoms with Gasteiger partial charge in [-0.15, -0.1) is 0 Å². The fourth-order valence-corrected chi connectivity index (χ4v) is 3.23. The van der Waals surface area contributed by atoms with Crippen LogP contribution in [-0.2, 0) is 4.79 Å². The van der Waals surface area contributed by atoms with Gasteiger partial charge in [0.25, 0.3) is 0 Å². The largest absolute Gasteiger partial charge is 0.481 e. The van der Waals surface area contributed by atoms with E-state index in [2.05, 4.69) is 18.7 Å². The second-order valence-electron chi connectivity index (χ2n) is 6.21. The molecule has 0 bridgehead atoms. The lowest BCUT2D eigenvalue weighted by atomic mass is 10.1. The summed E-state index contributed by atoms with van der Waals surface area (Å²) >= 11 is 0. The van der Waals surface area contributed by atoms with Gasteiger partial charge in [0, 0.05) is 18.6 Å². The first-order valence-corrected chi connectivity index (χ1v) is 8.68. The Hall–Kier alpha value is -0.570. The molecular formula is C17H33NO2. The Bertz CT molecular complexity index is 250. The van der Waals surface area contributed by atoms with Crippen LogP contribution in [0.3, 0.4) is 0 Å². The molecule has 0 radical (unpaired) electrons. The summed E-state index contributed by atoms with van der Waals surface area (Å²) in [6.07, 6.45) is 13.4. The summed E-state index contributed by atoms with van der Waals surface area (Å²) in [5.74, 6) is -0.661. The summed E-state index contributed by atoms with van der Waals surface area (Å²) < 4.78 is 0. The third-order valence-corrected chi connectivity index (χ3v) is 4.50. The van der Waals surface area contributed by atoms with E-state index >= 15 is 0 Å². The molecule has 0 amide bonds. The van der Waals surface area contributed by atoms with Gasteiger partial charge in [0.2, 0.25) is 0 Å². The minimum absolute atomic E-state index is 0.302. The third-order valence-electron chi connectivity index (χ3n) is 4.50. The molecule has 118 valence electrons. The van der Waals surface area contributed by atoms with Crippen LogP contribution < -0.4 is 0 Å². The van der Waals surface area contributed by atoms with Crippen molar-refractivity contribution in [3.05, 3.63) is 0 Å². The second-order valence-corrected chi connectivity index (χ2v) is 6.21. The van der Waals surface area contributed by atoms with Gasteiger partial charge in [-0.1, -0.05) is 65.2 Å². The van der Waals surface area contributed by atoms with E-state index in [9.17, 15) is 4.79 Å². The van der Waals surface area contributed by atoms with Gasteiger partial charge in [0.15, 0.2) is 0 Å². The standard InChI is InChI=1S/C17H33NO2/c1-3-5-7-9-11-15-16(12-10-8-6-4-2)18(15)14-13-17(19)20/h15-16H,3-14H2,1-2H3,(H,19,20). The van der Waals surface area contributed by atoms with Gasteiger partial charge in [-0.05, 0) is 12.8 Å². The van der Waals surface area contributed by atoms with Gasteiger partial charge >= 0.3 is 5.97 Å². The van der Waals surface area contributed by atoms with Crippen LogP contribution in [-0.4, -0.2) is 34.6 Å². The van der Waals surface area contributed by atoms with Crippen molar-refractivity contribution in [1.82, 2.24) is 4.90 Å². The zero-order valence-electron chi connectivity index (χ0n) is 13.4. The van der Waals surface area contributed by atoms with Crippen molar-refractivity contribution in [2.45, 2.75) is 96.6 Å². The number of hydrogen-bond acceptors (Lipinski definition) is 2. The molecule has 2 unspecified atom stereocenters. The molecule has 3 heteroatoms. The summed E-state index contributed by atoms with van der Waals surface area (Å²) in [6.45, 7) is 5.24. The number of carboxylic acids is 1. The van der Waals surface area contributed by atoms with Gasteiger partial charge in [0.1, 0.15) is 0 Å². The number of hydrogen-bond donors (Lipinski definition) is 1. The fourth-order valence-electron chi connectivity index (χ4n) is 3.23. The van der Waals surface area contributed by atoms with E-state index in [1.165, 1.54) is 64.2 Å². The quantitative estimate of drug-likeness (QED) is 0.401. The van der Waals surface area contributed by atoms with E-state index in [-0.39, 0.29) is 0 Å².